The highest BCUT2D eigenvalue weighted by molar-refractivity contribution is 5.09. The summed E-state index contributed by atoms with van der Waals surface area (Å²) < 4.78 is 65.3. The van der Waals surface area contributed by atoms with E-state index in [1.807, 2.05) is 0 Å². The van der Waals surface area contributed by atoms with Crippen molar-refractivity contribution in [3.63, 3.8) is 0 Å². The Morgan fingerprint density at radius 3 is 1.35 bits per heavy atom. The van der Waals surface area contributed by atoms with Crippen LogP contribution in [-0.4, -0.2) is 12.1 Å². The molecule has 0 aromatic rings. The fourth-order valence-corrected chi connectivity index (χ4v) is 4.80. The van der Waals surface area contributed by atoms with Crippen LogP contribution in [0.3, 0.4) is 0 Å². The molecule has 4 saturated carbocycles. The van der Waals surface area contributed by atoms with Gasteiger partial charge < -0.3 is 0 Å². The molecule has 4 aliphatic rings. The van der Waals surface area contributed by atoms with Crippen LogP contribution in [0.4, 0.5) is 22.0 Å². The van der Waals surface area contributed by atoms with Gasteiger partial charge in [-0.1, -0.05) is 0 Å². The summed E-state index contributed by atoms with van der Waals surface area (Å²) in [6.07, 6.45) is -2.56. The molecule has 0 unspecified atom stereocenters. The minimum absolute atomic E-state index is 0.0759. The molecule has 0 amide bonds. The van der Waals surface area contributed by atoms with Crippen molar-refractivity contribution in [2.45, 2.75) is 50.6 Å². The maximum atomic E-state index is 13.7. The van der Waals surface area contributed by atoms with E-state index in [1.165, 1.54) is 0 Å². The van der Waals surface area contributed by atoms with Gasteiger partial charge in [0.25, 0.3) is 0 Å². The summed E-state index contributed by atoms with van der Waals surface area (Å²) in [4.78, 5) is 0. The van der Waals surface area contributed by atoms with E-state index >= 15 is 0 Å². The van der Waals surface area contributed by atoms with E-state index in [2.05, 4.69) is 0 Å². The fraction of sp³-hybridized carbons (Fsp3) is 1.00. The Kier molecular flexibility index (Phi) is 2.17. The van der Waals surface area contributed by atoms with Crippen molar-refractivity contribution >= 4 is 0 Å². The summed E-state index contributed by atoms with van der Waals surface area (Å²) in [6.45, 7) is 0. The molecule has 0 spiro atoms. The smallest absolute Gasteiger partial charge is 0.196 e. The Bertz CT molecular complexity index is 295. The molecule has 4 bridgehead atoms. The fourth-order valence-electron chi connectivity index (χ4n) is 4.80. The monoisotopic (exact) mass is 254 g/mol. The van der Waals surface area contributed by atoms with Gasteiger partial charge in [0.1, 0.15) is 0 Å². The van der Waals surface area contributed by atoms with Crippen molar-refractivity contribution < 1.29 is 22.0 Å². The van der Waals surface area contributed by atoms with Crippen molar-refractivity contribution in [2.75, 3.05) is 0 Å². The number of rotatable bonds is 1. The lowest BCUT2D eigenvalue weighted by Crippen LogP contribution is -2.60. The summed E-state index contributed by atoms with van der Waals surface area (Å²) in [5.74, 6) is -4.19. The summed E-state index contributed by atoms with van der Waals surface area (Å²) >= 11 is 0. The van der Waals surface area contributed by atoms with Gasteiger partial charge >= 0.3 is 12.1 Å². The van der Waals surface area contributed by atoms with Crippen LogP contribution in [0.5, 0.6) is 0 Å². The van der Waals surface area contributed by atoms with Crippen molar-refractivity contribution in [2.24, 2.45) is 23.2 Å². The van der Waals surface area contributed by atoms with E-state index in [0.717, 1.165) is 19.3 Å². The minimum Gasteiger partial charge on any atom is -0.196 e. The number of hydrogen-bond acceptors (Lipinski definition) is 0. The van der Waals surface area contributed by atoms with Crippen LogP contribution in [0, 0.1) is 23.2 Å². The quantitative estimate of drug-likeness (QED) is 0.608. The van der Waals surface area contributed by atoms with Crippen molar-refractivity contribution in [1.29, 1.82) is 0 Å². The number of halogens is 5. The molecule has 5 heteroatoms. The van der Waals surface area contributed by atoms with Crippen LogP contribution < -0.4 is 0 Å². The van der Waals surface area contributed by atoms with E-state index in [4.69, 9.17) is 0 Å². The standard InChI is InChI=1S/C12H15F5/c13-11(14,12(15,16)17)10-4-7-1-8(5-10)3-9(2-7)6-10/h7-9H,1-6H2. The third-order valence-electron chi connectivity index (χ3n) is 5.06. The van der Waals surface area contributed by atoms with E-state index < -0.39 is 17.5 Å². The van der Waals surface area contributed by atoms with Crippen LogP contribution in [0.1, 0.15) is 38.5 Å². The van der Waals surface area contributed by atoms with Crippen LogP contribution in [0.2, 0.25) is 0 Å². The van der Waals surface area contributed by atoms with Gasteiger partial charge in [-0.05, 0) is 56.3 Å². The first kappa shape index (κ1) is 11.7. The average molecular weight is 254 g/mol. The van der Waals surface area contributed by atoms with E-state index in [0.29, 0.717) is 0 Å². The van der Waals surface area contributed by atoms with E-state index in [9.17, 15) is 22.0 Å². The largest absolute Gasteiger partial charge is 0.453 e. The number of alkyl halides is 5. The Balaban J connectivity index is 1.97. The lowest BCUT2D eigenvalue weighted by Gasteiger charge is -2.58. The van der Waals surface area contributed by atoms with Gasteiger partial charge in [0, 0.05) is 5.41 Å². The lowest BCUT2D eigenvalue weighted by atomic mass is 9.48. The zero-order valence-electron chi connectivity index (χ0n) is 9.36. The van der Waals surface area contributed by atoms with Gasteiger partial charge in [-0.3, -0.25) is 0 Å². The molecule has 0 N–H and O–H groups in total. The highest BCUT2D eigenvalue weighted by Gasteiger charge is 2.72. The second-order valence-corrected chi connectivity index (χ2v) is 6.27. The summed E-state index contributed by atoms with van der Waals surface area (Å²) in [5.41, 5.74) is -1.78. The molecule has 17 heavy (non-hydrogen) atoms. The van der Waals surface area contributed by atoms with Gasteiger partial charge in [0.2, 0.25) is 0 Å². The molecule has 0 aliphatic heterocycles. The molecule has 0 aromatic carbocycles. The molecule has 0 radical (unpaired) electrons. The molecular weight excluding hydrogens is 239 g/mol. The van der Waals surface area contributed by atoms with Gasteiger partial charge in [-0.25, -0.2) is 0 Å². The normalized spacial score (nSPS) is 45.4. The Hall–Kier alpha value is -0.350. The van der Waals surface area contributed by atoms with Crippen LogP contribution in [0.15, 0.2) is 0 Å². The minimum atomic E-state index is -5.39. The molecule has 0 saturated heterocycles. The highest BCUT2D eigenvalue weighted by atomic mass is 19.4. The Morgan fingerprint density at radius 2 is 1.06 bits per heavy atom. The molecule has 4 rings (SSSR count). The predicted octanol–water partition coefficient (Wildman–Crippen LogP) is 4.40. The van der Waals surface area contributed by atoms with Crippen LogP contribution in [0.25, 0.3) is 0 Å². The maximum Gasteiger partial charge on any atom is 0.453 e. The molecule has 0 nitrogen and oxygen atoms in total. The van der Waals surface area contributed by atoms with Crippen molar-refractivity contribution in [1.82, 2.24) is 0 Å². The maximum absolute atomic E-state index is 13.7. The Morgan fingerprint density at radius 1 is 0.706 bits per heavy atom. The molecule has 0 aromatic heterocycles. The van der Waals surface area contributed by atoms with Gasteiger partial charge in [0.05, 0.1) is 0 Å². The average Bonchev–Trinajstić information content (AvgIpc) is 2.12. The van der Waals surface area contributed by atoms with E-state index in [1.54, 1.807) is 0 Å². The first-order valence-corrected chi connectivity index (χ1v) is 6.18. The van der Waals surface area contributed by atoms with Gasteiger partial charge in [0.15, 0.2) is 0 Å². The highest BCUT2D eigenvalue weighted by Crippen LogP contribution is 2.67. The lowest BCUT2D eigenvalue weighted by molar-refractivity contribution is -0.348. The van der Waals surface area contributed by atoms with Crippen molar-refractivity contribution in [3.8, 4) is 0 Å². The molecule has 98 valence electrons. The number of hydrogen-bond donors (Lipinski definition) is 0. The SMILES string of the molecule is FC(F)(F)C(F)(F)C12CC3CC(CC(C3)C1)C2. The van der Waals surface area contributed by atoms with E-state index in [-0.39, 0.29) is 37.0 Å². The molecular formula is C12H15F5. The summed E-state index contributed by atoms with van der Waals surface area (Å²) in [5, 5.41) is 0. The third-order valence-corrected chi connectivity index (χ3v) is 5.06. The predicted molar refractivity (Wildman–Crippen MR) is 51.6 cm³/mol. The topological polar surface area (TPSA) is 0 Å². The van der Waals surface area contributed by atoms with Gasteiger partial charge in [-0.2, -0.15) is 22.0 Å². The zero-order valence-corrected chi connectivity index (χ0v) is 9.36. The van der Waals surface area contributed by atoms with Crippen LogP contribution >= 0.6 is 0 Å². The second-order valence-electron chi connectivity index (χ2n) is 6.27. The molecule has 4 fully saturated rings. The van der Waals surface area contributed by atoms with Gasteiger partial charge in [-0.15, -0.1) is 0 Å². The Labute approximate surface area is 96.6 Å². The summed E-state index contributed by atoms with van der Waals surface area (Å²) in [6, 6.07) is 0. The third kappa shape index (κ3) is 1.46. The van der Waals surface area contributed by atoms with Crippen molar-refractivity contribution in [3.05, 3.63) is 0 Å². The first-order chi connectivity index (χ1) is 7.73. The summed E-state index contributed by atoms with van der Waals surface area (Å²) in [7, 11) is 0. The molecule has 0 heterocycles. The zero-order chi connectivity index (χ0) is 12.5. The van der Waals surface area contributed by atoms with Crippen LogP contribution in [-0.2, 0) is 0 Å². The molecule has 0 atom stereocenters. The first-order valence-electron chi connectivity index (χ1n) is 6.18. The second kappa shape index (κ2) is 3.15. The molecule has 4 aliphatic carbocycles.